The van der Waals surface area contributed by atoms with Crippen LogP contribution in [-0.4, -0.2) is 55.7 Å². The Labute approximate surface area is 164 Å². The van der Waals surface area contributed by atoms with E-state index in [1.165, 1.54) is 18.4 Å². The summed E-state index contributed by atoms with van der Waals surface area (Å²) in [6.45, 7) is 7.96. The van der Waals surface area contributed by atoms with Crippen molar-refractivity contribution in [3.05, 3.63) is 29.7 Å². The van der Waals surface area contributed by atoms with Gasteiger partial charge in [0.05, 0.1) is 6.33 Å². The van der Waals surface area contributed by atoms with Crippen LogP contribution in [0.15, 0.2) is 12.7 Å². The second-order valence-electron chi connectivity index (χ2n) is 7.80. The molecular formula is C20H26N8. The number of piperazine rings is 1. The van der Waals surface area contributed by atoms with Crippen molar-refractivity contribution >= 4 is 22.8 Å². The molecule has 3 aromatic heterocycles. The summed E-state index contributed by atoms with van der Waals surface area (Å²) in [6, 6.07) is 0. The molecule has 8 heteroatoms. The highest BCUT2D eigenvalue weighted by molar-refractivity contribution is 5.83. The summed E-state index contributed by atoms with van der Waals surface area (Å²) in [5.41, 5.74) is 4.18. The van der Waals surface area contributed by atoms with Gasteiger partial charge in [-0.2, -0.15) is 0 Å². The Morgan fingerprint density at radius 2 is 1.68 bits per heavy atom. The monoisotopic (exact) mass is 378 g/mol. The Morgan fingerprint density at radius 3 is 2.36 bits per heavy atom. The second kappa shape index (κ2) is 6.68. The third-order valence-corrected chi connectivity index (χ3v) is 5.86. The van der Waals surface area contributed by atoms with Crippen molar-refractivity contribution in [2.24, 2.45) is 7.05 Å². The van der Waals surface area contributed by atoms with Crippen LogP contribution in [-0.2, 0) is 13.5 Å². The van der Waals surface area contributed by atoms with Gasteiger partial charge in [-0.25, -0.2) is 24.9 Å². The van der Waals surface area contributed by atoms with E-state index in [1.807, 2.05) is 11.6 Å². The number of nitrogens with zero attached hydrogens (tertiary/aromatic N) is 8. The fourth-order valence-electron chi connectivity index (χ4n) is 4.10. The van der Waals surface area contributed by atoms with Gasteiger partial charge in [-0.05, 0) is 26.2 Å². The lowest BCUT2D eigenvalue weighted by Crippen LogP contribution is -2.47. The first-order valence-electron chi connectivity index (χ1n) is 10.1. The predicted octanol–water partition coefficient (Wildman–Crippen LogP) is 2.23. The van der Waals surface area contributed by atoms with E-state index in [2.05, 4.69) is 38.6 Å². The van der Waals surface area contributed by atoms with Gasteiger partial charge in [-0.3, -0.25) is 0 Å². The first kappa shape index (κ1) is 17.3. The third kappa shape index (κ3) is 2.87. The minimum absolute atomic E-state index is 0.572. The van der Waals surface area contributed by atoms with Gasteiger partial charge in [0.2, 0.25) is 0 Å². The number of hydrogen-bond donors (Lipinski definition) is 0. The van der Waals surface area contributed by atoms with E-state index in [1.54, 1.807) is 12.7 Å². The third-order valence-electron chi connectivity index (χ3n) is 5.86. The van der Waals surface area contributed by atoms with Crippen molar-refractivity contribution in [2.45, 2.75) is 39.0 Å². The minimum Gasteiger partial charge on any atom is -0.353 e. The van der Waals surface area contributed by atoms with Crippen LogP contribution in [0.25, 0.3) is 11.2 Å². The number of aromatic nitrogens is 6. The molecule has 0 aromatic carbocycles. The van der Waals surface area contributed by atoms with Crippen LogP contribution < -0.4 is 9.80 Å². The topological polar surface area (TPSA) is 75.9 Å². The standard InChI is InChI=1S/C20H26N8/c1-4-15-13(2)24-17(14-5-6-14)25-18(15)27-7-9-28(10-8-27)20-16-19(21-11-22-20)26(3)12-23-16/h11-12,14H,4-10H2,1-3H3. The van der Waals surface area contributed by atoms with Crippen molar-refractivity contribution in [3.63, 3.8) is 0 Å². The molecule has 2 fully saturated rings. The maximum absolute atomic E-state index is 5.00. The molecule has 8 nitrogen and oxygen atoms in total. The Balaban J connectivity index is 1.40. The summed E-state index contributed by atoms with van der Waals surface area (Å²) in [5.74, 6) is 3.68. The molecule has 1 saturated carbocycles. The fourth-order valence-corrected chi connectivity index (χ4v) is 4.10. The normalized spacial score (nSPS) is 17.5. The SMILES string of the molecule is CCc1c(C)nc(C2CC2)nc1N1CCN(c2ncnc3c2ncn3C)CC1. The summed E-state index contributed by atoms with van der Waals surface area (Å²) < 4.78 is 1.94. The summed E-state index contributed by atoms with van der Waals surface area (Å²) in [5, 5.41) is 0. The van der Waals surface area contributed by atoms with Crippen LogP contribution in [0.5, 0.6) is 0 Å². The molecule has 0 N–H and O–H groups in total. The molecule has 0 bridgehead atoms. The van der Waals surface area contributed by atoms with Crippen molar-refractivity contribution in [1.29, 1.82) is 0 Å². The molecular weight excluding hydrogens is 352 g/mol. The largest absolute Gasteiger partial charge is 0.353 e. The van der Waals surface area contributed by atoms with Gasteiger partial charge in [0, 0.05) is 50.4 Å². The number of imidazole rings is 1. The van der Waals surface area contributed by atoms with Gasteiger partial charge in [0.1, 0.15) is 18.0 Å². The lowest BCUT2D eigenvalue weighted by molar-refractivity contribution is 0.636. The van der Waals surface area contributed by atoms with Crippen LogP contribution in [0.2, 0.25) is 0 Å². The van der Waals surface area contributed by atoms with Gasteiger partial charge in [0.15, 0.2) is 17.0 Å². The molecule has 0 radical (unpaired) electrons. The van der Waals surface area contributed by atoms with Crippen LogP contribution in [0, 0.1) is 6.92 Å². The highest BCUT2D eigenvalue weighted by Gasteiger charge is 2.30. The van der Waals surface area contributed by atoms with Gasteiger partial charge >= 0.3 is 0 Å². The summed E-state index contributed by atoms with van der Waals surface area (Å²) in [4.78, 5) is 27.9. The molecule has 4 heterocycles. The van der Waals surface area contributed by atoms with Crippen LogP contribution in [0.3, 0.4) is 0 Å². The Morgan fingerprint density at radius 1 is 0.964 bits per heavy atom. The summed E-state index contributed by atoms with van der Waals surface area (Å²) >= 11 is 0. The fraction of sp³-hybridized carbons (Fsp3) is 0.550. The van der Waals surface area contributed by atoms with E-state index in [-0.39, 0.29) is 0 Å². The summed E-state index contributed by atoms with van der Waals surface area (Å²) in [7, 11) is 1.96. The number of rotatable bonds is 4. The van der Waals surface area contributed by atoms with Crippen molar-refractivity contribution in [1.82, 2.24) is 29.5 Å². The molecule has 0 amide bonds. The number of hydrogen-bond acceptors (Lipinski definition) is 7. The maximum atomic E-state index is 5.00. The van der Waals surface area contributed by atoms with E-state index < -0.39 is 0 Å². The van der Waals surface area contributed by atoms with E-state index in [0.29, 0.717) is 5.92 Å². The van der Waals surface area contributed by atoms with Crippen LogP contribution in [0.1, 0.15) is 42.8 Å². The van der Waals surface area contributed by atoms with Gasteiger partial charge in [-0.15, -0.1) is 0 Å². The van der Waals surface area contributed by atoms with Crippen LogP contribution in [0.4, 0.5) is 11.6 Å². The van der Waals surface area contributed by atoms with Crippen molar-refractivity contribution in [3.8, 4) is 0 Å². The molecule has 0 atom stereocenters. The molecule has 5 rings (SSSR count). The molecule has 1 aliphatic carbocycles. The van der Waals surface area contributed by atoms with E-state index in [4.69, 9.17) is 9.97 Å². The van der Waals surface area contributed by atoms with Crippen LogP contribution >= 0.6 is 0 Å². The zero-order valence-corrected chi connectivity index (χ0v) is 16.8. The lowest BCUT2D eigenvalue weighted by Gasteiger charge is -2.37. The highest BCUT2D eigenvalue weighted by Crippen LogP contribution is 2.39. The molecule has 1 saturated heterocycles. The molecule has 146 valence electrons. The molecule has 3 aromatic rings. The highest BCUT2D eigenvalue weighted by atomic mass is 15.3. The van der Waals surface area contributed by atoms with Gasteiger partial charge in [-0.1, -0.05) is 6.92 Å². The maximum Gasteiger partial charge on any atom is 0.165 e. The lowest BCUT2D eigenvalue weighted by atomic mass is 10.1. The van der Waals surface area contributed by atoms with Crippen molar-refractivity contribution in [2.75, 3.05) is 36.0 Å². The smallest absolute Gasteiger partial charge is 0.165 e. The molecule has 0 unspecified atom stereocenters. The van der Waals surface area contributed by atoms with Gasteiger partial charge < -0.3 is 14.4 Å². The Kier molecular flexibility index (Phi) is 4.14. The van der Waals surface area contributed by atoms with Crippen molar-refractivity contribution < 1.29 is 0 Å². The van der Waals surface area contributed by atoms with E-state index in [9.17, 15) is 0 Å². The first-order valence-corrected chi connectivity index (χ1v) is 10.1. The summed E-state index contributed by atoms with van der Waals surface area (Å²) in [6.07, 6.45) is 6.86. The predicted molar refractivity (Wildman–Crippen MR) is 109 cm³/mol. The Bertz CT molecular complexity index is 1010. The molecule has 1 aliphatic heterocycles. The van der Waals surface area contributed by atoms with Gasteiger partial charge in [0.25, 0.3) is 0 Å². The number of aryl methyl sites for hydroxylation is 2. The molecule has 0 spiro atoms. The first-order chi connectivity index (χ1) is 13.7. The van der Waals surface area contributed by atoms with E-state index in [0.717, 1.165) is 66.9 Å². The number of fused-ring (bicyclic) bond motifs is 1. The average Bonchev–Trinajstić information content (AvgIpc) is 3.51. The zero-order valence-electron chi connectivity index (χ0n) is 16.8. The molecule has 2 aliphatic rings. The average molecular weight is 378 g/mol. The number of anilines is 2. The van der Waals surface area contributed by atoms with E-state index >= 15 is 0 Å². The second-order valence-corrected chi connectivity index (χ2v) is 7.80. The Hall–Kier alpha value is -2.77. The zero-order chi connectivity index (χ0) is 19.3. The minimum atomic E-state index is 0.572. The quantitative estimate of drug-likeness (QED) is 0.689. The molecule has 28 heavy (non-hydrogen) atoms.